The van der Waals surface area contributed by atoms with E-state index in [-0.39, 0.29) is 11.2 Å². The first-order valence-electron chi connectivity index (χ1n) is 8.56. The summed E-state index contributed by atoms with van der Waals surface area (Å²) < 4.78 is 15.8. The largest absolute Gasteiger partial charge is 0.513 e. The number of hydrogen-bond donors (Lipinski definition) is 0. The Kier molecular flexibility index (Phi) is 5.37. The molecular formula is C21H20O5. The molecule has 0 saturated heterocycles. The number of hydrogen-bond acceptors (Lipinski definition) is 5. The Morgan fingerprint density at radius 2 is 1.92 bits per heavy atom. The van der Waals surface area contributed by atoms with Crippen molar-refractivity contribution in [1.82, 2.24) is 0 Å². The minimum atomic E-state index is -0.763. The summed E-state index contributed by atoms with van der Waals surface area (Å²) in [4.78, 5) is 24.6. The zero-order valence-corrected chi connectivity index (χ0v) is 14.8. The molecule has 0 aliphatic carbocycles. The van der Waals surface area contributed by atoms with Crippen LogP contribution in [0.4, 0.5) is 4.79 Å². The van der Waals surface area contributed by atoms with Crippen LogP contribution in [0.5, 0.6) is 5.75 Å². The molecule has 0 saturated carbocycles. The van der Waals surface area contributed by atoms with Gasteiger partial charge in [-0.1, -0.05) is 43.7 Å². The Labute approximate surface area is 151 Å². The van der Waals surface area contributed by atoms with E-state index in [9.17, 15) is 9.59 Å². The molecule has 1 aromatic heterocycles. The van der Waals surface area contributed by atoms with Crippen molar-refractivity contribution in [3.05, 3.63) is 64.5 Å². The number of rotatable bonds is 5. The second-order valence-corrected chi connectivity index (χ2v) is 6.01. The van der Waals surface area contributed by atoms with Gasteiger partial charge < -0.3 is 13.9 Å². The van der Waals surface area contributed by atoms with Gasteiger partial charge in [-0.15, -0.1) is 0 Å². The van der Waals surface area contributed by atoms with Crippen molar-refractivity contribution in [2.45, 2.75) is 26.7 Å². The molecule has 0 aliphatic rings. The summed E-state index contributed by atoms with van der Waals surface area (Å²) in [5.74, 6) is 0.284. The molecule has 3 rings (SSSR count). The monoisotopic (exact) mass is 352 g/mol. The van der Waals surface area contributed by atoms with Gasteiger partial charge in [0.1, 0.15) is 17.6 Å². The van der Waals surface area contributed by atoms with E-state index in [1.165, 1.54) is 12.3 Å². The highest BCUT2D eigenvalue weighted by Crippen LogP contribution is 2.26. The summed E-state index contributed by atoms with van der Waals surface area (Å²) in [5, 5.41) is 0.470. The lowest BCUT2D eigenvalue weighted by Gasteiger charge is -2.09. The van der Waals surface area contributed by atoms with E-state index < -0.39 is 6.16 Å². The Morgan fingerprint density at radius 3 is 2.65 bits per heavy atom. The van der Waals surface area contributed by atoms with Crippen molar-refractivity contribution in [3.63, 3.8) is 0 Å². The first-order valence-corrected chi connectivity index (χ1v) is 8.56. The average molecular weight is 352 g/mol. The van der Waals surface area contributed by atoms with Crippen molar-refractivity contribution >= 4 is 17.1 Å². The predicted molar refractivity (Wildman–Crippen MR) is 99.5 cm³/mol. The van der Waals surface area contributed by atoms with Crippen LogP contribution in [0.3, 0.4) is 0 Å². The molecule has 5 nitrogen and oxygen atoms in total. The molecule has 0 bridgehead atoms. The topological polar surface area (TPSA) is 65.7 Å². The van der Waals surface area contributed by atoms with Gasteiger partial charge in [0.2, 0.25) is 5.43 Å². The first-order chi connectivity index (χ1) is 12.6. The predicted octanol–water partition coefficient (Wildman–Crippen LogP) is 5.08. The van der Waals surface area contributed by atoms with Crippen LogP contribution in [0, 0.1) is 6.92 Å². The quantitative estimate of drug-likeness (QED) is 0.364. The molecule has 0 aliphatic heterocycles. The molecule has 0 radical (unpaired) electrons. The van der Waals surface area contributed by atoms with Gasteiger partial charge in [-0.2, -0.15) is 0 Å². The molecule has 0 fully saturated rings. The maximum atomic E-state index is 12.9. The van der Waals surface area contributed by atoms with E-state index in [2.05, 4.69) is 0 Å². The Balaban J connectivity index is 1.93. The van der Waals surface area contributed by atoms with Gasteiger partial charge in [-0.25, -0.2) is 4.79 Å². The molecule has 5 heteroatoms. The zero-order chi connectivity index (χ0) is 18.5. The molecule has 0 amide bonds. The number of carbonyl (C=O) groups is 1. The van der Waals surface area contributed by atoms with Crippen molar-refractivity contribution in [3.8, 4) is 16.9 Å². The molecule has 0 spiro atoms. The fraction of sp³-hybridized carbons (Fsp3) is 0.238. The molecule has 0 atom stereocenters. The summed E-state index contributed by atoms with van der Waals surface area (Å²) in [6, 6.07) is 12.5. The number of aryl methyl sites for hydroxylation is 1. The highest BCUT2D eigenvalue weighted by Gasteiger charge is 2.14. The highest BCUT2D eigenvalue weighted by atomic mass is 16.7. The van der Waals surface area contributed by atoms with E-state index in [4.69, 9.17) is 13.9 Å². The van der Waals surface area contributed by atoms with E-state index in [0.717, 1.165) is 18.4 Å². The van der Waals surface area contributed by atoms with Crippen molar-refractivity contribution in [2.24, 2.45) is 0 Å². The van der Waals surface area contributed by atoms with Crippen molar-refractivity contribution < 1.29 is 18.7 Å². The first kappa shape index (κ1) is 17.7. The molecule has 26 heavy (non-hydrogen) atoms. The third-order valence-corrected chi connectivity index (χ3v) is 4.05. The maximum Gasteiger partial charge on any atom is 0.513 e. The summed E-state index contributed by atoms with van der Waals surface area (Å²) in [6.45, 7) is 4.10. The van der Waals surface area contributed by atoms with Crippen LogP contribution in [0.2, 0.25) is 0 Å². The second-order valence-electron chi connectivity index (χ2n) is 6.01. The van der Waals surface area contributed by atoms with E-state index in [0.29, 0.717) is 28.7 Å². The molecular weight excluding hydrogens is 332 g/mol. The Bertz CT molecular complexity index is 973. The van der Waals surface area contributed by atoms with E-state index >= 15 is 0 Å². The molecule has 134 valence electrons. The van der Waals surface area contributed by atoms with Gasteiger partial charge in [0.05, 0.1) is 17.6 Å². The van der Waals surface area contributed by atoms with Gasteiger partial charge in [-0.05, 0) is 30.5 Å². The van der Waals surface area contributed by atoms with Crippen LogP contribution in [-0.4, -0.2) is 12.8 Å². The SMILES string of the molecule is CCCCOC(=O)Oc1cc(C)c2c(=O)c(-c3ccccc3)coc2c1. The van der Waals surface area contributed by atoms with Crippen molar-refractivity contribution in [1.29, 1.82) is 0 Å². The van der Waals surface area contributed by atoms with Crippen LogP contribution in [0.25, 0.3) is 22.1 Å². The molecule has 2 aromatic carbocycles. The highest BCUT2D eigenvalue weighted by molar-refractivity contribution is 5.86. The standard InChI is InChI=1S/C21H20O5/c1-3-4-10-24-21(23)26-16-11-14(2)19-18(12-16)25-13-17(20(19)22)15-8-6-5-7-9-15/h5-9,11-13H,3-4,10H2,1-2H3. The Hall–Kier alpha value is -3.08. The van der Waals surface area contributed by atoms with E-state index in [1.54, 1.807) is 13.0 Å². The van der Waals surface area contributed by atoms with Crippen LogP contribution >= 0.6 is 0 Å². The summed E-state index contributed by atoms with van der Waals surface area (Å²) in [7, 11) is 0. The van der Waals surface area contributed by atoms with Crippen LogP contribution in [-0.2, 0) is 4.74 Å². The van der Waals surface area contributed by atoms with Gasteiger partial charge in [0.15, 0.2) is 0 Å². The smallest absolute Gasteiger partial charge is 0.463 e. The second kappa shape index (κ2) is 7.87. The van der Waals surface area contributed by atoms with Gasteiger partial charge >= 0.3 is 6.16 Å². The fourth-order valence-electron chi connectivity index (χ4n) is 2.72. The molecule has 3 aromatic rings. The number of unbranched alkanes of at least 4 members (excludes halogenated alkanes) is 1. The summed E-state index contributed by atoms with van der Waals surface area (Å²) in [6.07, 6.45) is 2.38. The van der Waals surface area contributed by atoms with Gasteiger partial charge in [0, 0.05) is 6.07 Å². The maximum absolute atomic E-state index is 12.9. The summed E-state index contributed by atoms with van der Waals surface area (Å²) >= 11 is 0. The van der Waals surface area contributed by atoms with Gasteiger partial charge in [0.25, 0.3) is 0 Å². The molecule has 1 heterocycles. The fourth-order valence-corrected chi connectivity index (χ4v) is 2.72. The normalized spacial score (nSPS) is 10.7. The number of ether oxygens (including phenoxy) is 2. The zero-order valence-electron chi connectivity index (χ0n) is 14.8. The molecule has 0 N–H and O–H groups in total. The number of fused-ring (bicyclic) bond motifs is 1. The lowest BCUT2D eigenvalue weighted by Crippen LogP contribution is -2.12. The minimum absolute atomic E-state index is 0.118. The third-order valence-electron chi connectivity index (χ3n) is 4.05. The van der Waals surface area contributed by atoms with Crippen molar-refractivity contribution in [2.75, 3.05) is 6.61 Å². The summed E-state index contributed by atoms with van der Waals surface area (Å²) in [5.41, 5.74) is 2.21. The number of carbonyl (C=O) groups excluding carboxylic acids is 1. The van der Waals surface area contributed by atoms with Crippen LogP contribution in [0.15, 0.2) is 57.9 Å². The van der Waals surface area contributed by atoms with Crippen LogP contribution < -0.4 is 10.2 Å². The average Bonchev–Trinajstić information content (AvgIpc) is 2.62. The number of benzene rings is 2. The molecule has 0 unspecified atom stereocenters. The van der Waals surface area contributed by atoms with Crippen LogP contribution in [0.1, 0.15) is 25.3 Å². The Morgan fingerprint density at radius 1 is 1.15 bits per heavy atom. The lowest BCUT2D eigenvalue weighted by molar-refractivity contribution is 0.0978. The lowest BCUT2D eigenvalue weighted by atomic mass is 10.0. The van der Waals surface area contributed by atoms with E-state index in [1.807, 2.05) is 37.3 Å². The minimum Gasteiger partial charge on any atom is -0.463 e. The third kappa shape index (κ3) is 3.77. The van der Waals surface area contributed by atoms with Gasteiger partial charge in [-0.3, -0.25) is 4.79 Å².